The van der Waals surface area contributed by atoms with E-state index < -0.39 is 0 Å². The van der Waals surface area contributed by atoms with Crippen LogP contribution < -0.4 is 10.6 Å². The summed E-state index contributed by atoms with van der Waals surface area (Å²) in [5, 5.41) is 6.13. The average molecular weight is 532 g/mol. The number of halogens is 1. The minimum atomic E-state index is -0.0568. The predicted molar refractivity (Wildman–Crippen MR) is 134 cm³/mol. The molecule has 0 fully saturated rings. The number of hydrogen-bond acceptors (Lipinski definition) is 4. The molecule has 1 aromatic rings. The summed E-state index contributed by atoms with van der Waals surface area (Å²) in [4.78, 5) is 34.5. The van der Waals surface area contributed by atoms with Crippen molar-refractivity contribution in [2.75, 3.05) is 59.2 Å². The van der Waals surface area contributed by atoms with E-state index in [0.29, 0.717) is 38.7 Å². The van der Waals surface area contributed by atoms with Crippen LogP contribution in [-0.4, -0.2) is 86.3 Å². The van der Waals surface area contributed by atoms with Crippen LogP contribution >= 0.6 is 24.0 Å². The van der Waals surface area contributed by atoms with E-state index >= 15 is 0 Å². The van der Waals surface area contributed by atoms with Gasteiger partial charge in [-0.2, -0.15) is 0 Å². The molecule has 9 heteroatoms. The summed E-state index contributed by atoms with van der Waals surface area (Å²) in [6.07, 6.45) is 0. The number of anilines is 1. The second-order valence-electron chi connectivity index (χ2n) is 7.08. The molecule has 170 valence electrons. The molecule has 0 saturated heterocycles. The van der Waals surface area contributed by atoms with Gasteiger partial charge in [0.15, 0.2) is 5.96 Å². The zero-order valence-electron chi connectivity index (χ0n) is 19.1. The largest absolute Gasteiger partial charge is 0.357 e. The number of nitrogens with zero attached hydrogens (tertiary/aromatic N) is 4. The van der Waals surface area contributed by atoms with Crippen LogP contribution in [0.2, 0.25) is 0 Å². The van der Waals surface area contributed by atoms with Crippen molar-refractivity contribution in [1.29, 1.82) is 0 Å². The third-order valence-electron chi connectivity index (χ3n) is 4.27. The Kier molecular flexibility index (Phi) is 14.1. The fourth-order valence-electron chi connectivity index (χ4n) is 2.83. The lowest BCUT2D eigenvalue weighted by Crippen LogP contribution is -2.45. The first-order valence-corrected chi connectivity index (χ1v) is 10.1. The standard InChI is InChI=1S/C21H36N6O2.HI/c1-7-22-21(26(6)16-20(29)27(8-2)9-3)23-14-17-11-10-12-18(13-17)24-19(28)15-25(4)5;/h10-13H,7-9,14-16H2,1-6H3,(H,22,23)(H,24,28);1H. The third-order valence-corrected chi connectivity index (χ3v) is 4.27. The second kappa shape index (κ2) is 15.0. The Morgan fingerprint density at radius 2 is 1.70 bits per heavy atom. The van der Waals surface area contributed by atoms with Crippen LogP contribution in [0.3, 0.4) is 0 Å². The lowest BCUT2D eigenvalue weighted by molar-refractivity contribution is -0.131. The molecule has 0 saturated carbocycles. The van der Waals surface area contributed by atoms with Crippen LogP contribution in [-0.2, 0) is 16.1 Å². The highest BCUT2D eigenvalue weighted by Gasteiger charge is 2.15. The van der Waals surface area contributed by atoms with E-state index in [4.69, 9.17) is 0 Å². The Hall–Kier alpha value is -1.88. The van der Waals surface area contributed by atoms with E-state index in [0.717, 1.165) is 11.3 Å². The fourth-order valence-corrected chi connectivity index (χ4v) is 2.83. The molecule has 0 bridgehead atoms. The number of carbonyl (C=O) groups is 2. The minimum absolute atomic E-state index is 0. The van der Waals surface area contributed by atoms with Crippen molar-refractivity contribution in [1.82, 2.24) is 20.0 Å². The summed E-state index contributed by atoms with van der Waals surface area (Å²) < 4.78 is 0. The van der Waals surface area contributed by atoms with Gasteiger partial charge in [-0.1, -0.05) is 12.1 Å². The topological polar surface area (TPSA) is 80.3 Å². The molecule has 1 rings (SSSR count). The maximum atomic E-state index is 12.4. The van der Waals surface area contributed by atoms with Gasteiger partial charge >= 0.3 is 0 Å². The Morgan fingerprint density at radius 3 is 2.27 bits per heavy atom. The zero-order valence-corrected chi connectivity index (χ0v) is 21.4. The number of hydrogen-bond donors (Lipinski definition) is 2. The molecule has 2 N–H and O–H groups in total. The Labute approximate surface area is 198 Å². The average Bonchev–Trinajstić information content (AvgIpc) is 2.65. The lowest BCUT2D eigenvalue weighted by Gasteiger charge is -2.25. The van der Waals surface area contributed by atoms with Crippen LogP contribution in [0.15, 0.2) is 29.3 Å². The molecule has 0 aromatic heterocycles. The number of guanidine groups is 1. The first-order chi connectivity index (χ1) is 13.8. The number of nitrogens with one attached hydrogen (secondary N) is 2. The molecule has 30 heavy (non-hydrogen) atoms. The highest BCUT2D eigenvalue weighted by Crippen LogP contribution is 2.12. The quantitative estimate of drug-likeness (QED) is 0.274. The fraction of sp³-hybridized carbons (Fsp3) is 0.571. The van der Waals surface area contributed by atoms with E-state index in [-0.39, 0.29) is 42.3 Å². The van der Waals surface area contributed by atoms with Gasteiger partial charge in [-0.05, 0) is 52.6 Å². The van der Waals surface area contributed by atoms with Gasteiger partial charge in [0.2, 0.25) is 11.8 Å². The molecule has 0 heterocycles. The van der Waals surface area contributed by atoms with E-state index in [1.54, 1.807) is 4.90 Å². The highest BCUT2D eigenvalue weighted by atomic mass is 127. The van der Waals surface area contributed by atoms with Crippen molar-refractivity contribution >= 4 is 47.4 Å². The van der Waals surface area contributed by atoms with Gasteiger partial charge in [-0.25, -0.2) is 4.99 Å². The van der Waals surface area contributed by atoms with Crippen molar-refractivity contribution < 1.29 is 9.59 Å². The van der Waals surface area contributed by atoms with Crippen LogP contribution in [0.4, 0.5) is 5.69 Å². The summed E-state index contributed by atoms with van der Waals surface area (Å²) in [7, 11) is 5.57. The molecule has 0 aliphatic heterocycles. The Bertz CT molecular complexity index is 692. The smallest absolute Gasteiger partial charge is 0.242 e. The van der Waals surface area contributed by atoms with Crippen LogP contribution in [0.1, 0.15) is 26.3 Å². The SMILES string of the molecule is CCNC(=NCc1cccc(NC(=O)CN(C)C)c1)N(C)CC(=O)N(CC)CC.I. The van der Waals surface area contributed by atoms with Crippen LogP contribution in [0, 0.1) is 0 Å². The normalized spacial score (nSPS) is 11.0. The van der Waals surface area contributed by atoms with Gasteiger partial charge in [0.25, 0.3) is 0 Å². The molecule has 0 unspecified atom stereocenters. The number of rotatable bonds is 10. The first-order valence-electron chi connectivity index (χ1n) is 10.1. The first kappa shape index (κ1) is 28.1. The highest BCUT2D eigenvalue weighted by molar-refractivity contribution is 14.0. The Morgan fingerprint density at radius 1 is 1.03 bits per heavy atom. The summed E-state index contributed by atoms with van der Waals surface area (Å²) in [6.45, 7) is 9.11. The monoisotopic (exact) mass is 532 g/mol. The van der Waals surface area contributed by atoms with E-state index in [2.05, 4.69) is 15.6 Å². The van der Waals surface area contributed by atoms with Gasteiger partial charge in [0, 0.05) is 32.4 Å². The van der Waals surface area contributed by atoms with Gasteiger partial charge in [-0.3, -0.25) is 9.59 Å². The molecular formula is C21H37IN6O2. The van der Waals surface area contributed by atoms with E-state index in [1.807, 2.05) is 76.0 Å². The molecule has 1 aromatic carbocycles. The summed E-state index contributed by atoms with van der Waals surface area (Å²) in [5.74, 6) is 0.697. The van der Waals surface area contributed by atoms with Crippen molar-refractivity contribution in [3.8, 4) is 0 Å². The maximum Gasteiger partial charge on any atom is 0.242 e. The van der Waals surface area contributed by atoms with Crippen molar-refractivity contribution in [2.24, 2.45) is 4.99 Å². The molecular weight excluding hydrogens is 495 g/mol. The molecule has 0 atom stereocenters. The lowest BCUT2D eigenvalue weighted by atomic mass is 10.2. The van der Waals surface area contributed by atoms with Crippen molar-refractivity contribution in [2.45, 2.75) is 27.3 Å². The molecule has 0 aliphatic rings. The predicted octanol–water partition coefficient (Wildman–Crippen LogP) is 2.07. The number of benzene rings is 1. The van der Waals surface area contributed by atoms with Crippen molar-refractivity contribution in [3.05, 3.63) is 29.8 Å². The van der Waals surface area contributed by atoms with Gasteiger partial charge < -0.3 is 25.3 Å². The Balaban J connectivity index is 0.00000841. The summed E-state index contributed by atoms with van der Waals surface area (Å²) >= 11 is 0. The molecule has 8 nitrogen and oxygen atoms in total. The third kappa shape index (κ3) is 10.2. The maximum absolute atomic E-state index is 12.4. The molecule has 0 spiro atoms. The second-order valence-corrected chi connectivity index (χ2v) is 7.08. The van der Waals surface area contributed by atoms with Gasteiger partial charge in [0.05, 0.1) is 19.6 Å². The number of likely N-dealkylation sites (N-methyl/N-ethyl adjacent to an activating group) is 3. The minimum Gasteiger partial charge on any atom is -0.357 e. The number of aliphatic imine (C=N–C) groups is 1. The molecule has 2 amide bonds. The van der Waals surface area contributed by atoms with E-state index in [1.165, 1.54) is 0 Å². The zero-order chi connectivity index (χ0) is 21.8. The van der Waals surface area contributed by atoms with Crippen molar-refractivity contribution in [3.63, 3.8) is 0 Å². The van der Waals surface area contributed by atoms with Gasteiger partial charge in [0.1, 0.15) is 0 Å². The molecule has 0 aliphatic carbocycles. The van der Waals surface area contributed by atoms with Gasteiger partial charge in [-0.15, -0.1) is 24.0 Å². The molecule has 0 radical (unpaired) electrons. The summed E-state index contributed by atoms with van der Waals surface area (Å²) in [5.41, 5.74) is 1.73. The number of amides is 2. The van der Waals surface area contributed by atoms with E-state index in [9.17, 15) is 9.59 Å². The van der Waals surface area contributed by atoms with Crippen LogP contribution in [0.5, 0.6) is 0 Å². The summed E-state index contributed by atoms with van der Waals surface area (Å²) in [6, 6.07) is 7.65. The number of carbonyl (C=O) groups excluding carboxylic acids is 2. The van der Waals surface area contributed by atoms with Crippen LogP contribution in [0.25, 0.3) is 0 Å².